The number of aliphatic carboxylic acids is 1. The van der Waals surface area contributed by atoms with Gasteiger partial charge in [0, 0.05) is 22.3 Å². The number of methoxy groups -OCH3 is 1. The maximum absolute atomic E-state index is 15.2. The molecule has 9 heteroatoms. The summed E-state index contributed by atoms with van der Waals surface area (Å²) in [5.41, 5.74) is 6.30. The molecule has 202 valence electrons. The van der Waals surface area contributed by atoms with Crippen molar-refractivity contribution in [3.8, 4) is 33.7 Å². The highest BCUT2D eigenvalue weighted by atomic mass is 19.1. The van der Waals surface area contributed by atoms with Gasteiger partial charge in [-0.25, -0.2) is 14.1 Å². The average Bonchev–Trinajstić information content (AvgIpc) is 3.61. The Balaban J connectivity index is 1.31. The zero-order valence-electron chi connectivity index (χ0n) is 21.8. The first-order valence-electron chi connectivity index (χ1n) is 12.7. The summed E-state index contributed by atoms with van der Waals surface area (Å²) >= 11 is 0. The normalized spacial score (nSPS) is 13.2. The van der Waals surface area contributed by atoms with Crippen LogP contribution in [0.4, 0.5) is 10.1 Å². The fourth-order valence-corrected chi connectivity index (χ4v) is 4.92. The first-order valence-corrected chi connectivity index (χ1v) is 12.7. The maximum atomic E-state index is 15.2. The van der Waals surface area contributed by atoms with Gasteiger partial charge in [0.05, 0.1) is 24.9 Å². The van der Waals surface area contributed by atoms with E-state index in [1.54, 1.807) is 41.4 Å². The number of carbonyl (C=O) groups is 2. The van der Waals surface area contributed by atoms with E-state index >= 15 is 4.39 Å². The standard InChI is InChI=1S/C32H23FN4O4/c1-41-30-11-2-19(12-23(30)14-31(38)39)13-27-26-15-25(28(33)16-29(26)36-32(27)40)22-5-3-20(4-6-22)21-7-9-24(10-8-21)37-18-34-17-35-37/h2-13,15-18H,14H2,1H3,(H,36,40)(H,38,39)/b27-13-. The number of halogens is 1. The molecule has 0 saturated heterocycles. The molecule has 0 spiro atoms. The second kappa shape index (κ2) is 10.5. The molecule has 0 atom stereocenters. The Kier molecular flexibility index (Phi) is 6.60. The van der Waals surface area contributed by atoms with Gasteiger partial charge in [-0.05, 0) is 64.7 Å². The van der Waals surface area contributed by atoms with Crippen molar-refractivity contribution in [3.63, 3.8) is 0 Å². The number of ether oxygens (including phenoxy) is 1. The molecular formula is C32H23FN4O4. The largest absolute Gasteiger partial charge is 0.496 e. The van der Waals surface area contributed by atoms with Gasteiger partial charge < -0.3 is 15.2 Å². The monoisotopic (exact) mass is 546 g/mol. The Hall–Kier alpha value is -5.57. The lowest BCUT2D eigenvalue weighted by Gasteiger charge is -2.10. The zero-order valence-corrected chi connectivity index (χ0v) is 21.8. The summed E-state index contributed by atoms with van der Waals surface area (Å²) in [5.74, 6) is -1.36. The third-order valence-corrected chi connectivity index (χ3v) is 6.93. The third-order valence-electron chi connectivity index (χ3n) is 6.93. The highest BCUT2D eigenvalue weighted by Crippen LogP contribution is 2.39. The van der Waals surface area contributed by atoms with Gasteiger partial charge >= 0.3 is 5.97 Å². The van der Waals surface area contributed by atoms with E-state index in [0.717, 1.165) is 16.8 Å². The molecular weight excluding hydrogens is 523 g/mol. The van der Waals surface area contributed by atoms with Crippen LogP contribution >= 0.6 is 0 Å². The van der Waals surface area contributed by atoms with Crippen LogP contribution in [0.1, 0.15) is 16.7 Å². The van der Waals surface area contributed by atoms with Crippen molar-refractivity contribution in [1.29, 1.82) is 0 Å². The molecule has 0 radical (unpaired) electrons. The van der Waals surface area contributed by atoms with Crippen LogP contribution in [-0.2, 0) is 16.0 Å². The Morgan fingerprint density at radius 1 is 0.976 bits per heavy atom. The molecule has 2 N–H and O–H groups in total. The maximum Gasteiger partial charge on any atom is 0.307 e. The summed E-state index contributed by atoms with van der Waals surface area (Å²) in [4.78, 5) is 28.1. The molecule has 6 rings (SSSR count). The molecule has 1 aromatic heterocycles. The van der Waals surface area contributed by atoms with E-state index in [2.05, 4.69) is 15.4 Å². The zero-order chi connectivity index (χ0) is 28.5. The minimum absolute atomic E-state index is 0.222. The van der Waals surface area contributed by atoms with Crippen molar-refractivity contribution >= 4 is 29.2 Å². The summed E-state index contributed by atoms with van der Waals surface area (Å²) in [6.45, 7) is 0. The summed E-state index contributed by atoms with van der Waals surface area (Å²) < 4.78 is 22.2. The van der Waals surface area contributed by atoms with E-state index in [-0.39, 0.29) is 12.3 Å². The molecule has 1 amide bonds. The average molecular weight is 547 g/mol. The van der Waals surface area contributed by atoms with Crippen LogP contribution < -0.4 is 10.1 Å². The number of fused-ring (bicyclic) bond motifs is 1. The Bertz CT molecular complexity index is 1810. The predicted octanol–water partition coefficient (Wildman–Crippen LogP) is 5.87. The minimum atomic E-state index is -0.994. The SMILES string of the molecule is COc1ccc(/C=C2\C(=O)Nc3cc(F)c(-c4ccc(-c5ccc(-n6cncn6)cc5)cc4)cc32)cc1CC(=O)O. The molecule has 41 heavy (non-hydrogen) atoms. The van der Waals surface area contributed by atoms with Crippen molar-refractivity contribution in [1.82, 2.24) is 14.8 Å². The lowest BCUT2D eigenvalue weighted by Crippen LogP contribution is -2.04. The van der Waals surface area contributed by atoms with Crippen molar-refractivity contribution in [2.75, 3.05) is 12.4 Å². The molecule has 0 fully saturated rings. The summed E-state index contributed by atoms with van der Waals surface area (Å²) in [6.07, 6.45) is 4.55. The summed E-state index contributed by atoms with van der Waals surface area (Å²) in [7, 11) is 1.47. The van der Waals surface area contributed by atoms with Crippen molar-refractivity contribution in [2.45, 2.75) is 6.42 Å². The van der Waals surface area contributed by atoms with E-state index < -0.39 is 11.8 Å². The lowest BCUT2D eigenvalue weighted by atomic mass is 9.95. The molecule has 0 aliphatic carbocycles. The highest BCUT2D eigenvalue weighted by Gasteiger charge is 2.26. The van der Waals surface area contributed by atoms with E-state index in [4.69, 9.17) is 4.74 Å². The van der Waals surface area contributed by atoms with Gasteiger partial charge in [0.2, 0.25) is 0 Å². The summed E-state index contributed by atoms with van der Waals surface area (Å²) in [6, 6.07) is 23.5. The van der Waals surface area contributed by atoms with Gasteiger partial charge in [-0.1, -0.05) is 42.5 Å². The summed E-state index contributed by atoms with van der Waals surface area (Å²) in [5, 5.41) is 16.1. The number of carboxylic acid groups (broad SMARTS) is 1. The van der Waals surface area contributed by atoms with E-state index in [0.29, 0.717) is 44.8 Å². The Labute approximate surface area is 234 Å². The first kappa shape index (κ1) is 25.7. The second-order valence-corrected chi connectivity index (χ2v) is 9.50. The van der Waals surface area contributed by atoms with Crippen LogP contribution in [-0.4, -0.2) is 38.9 Å². The fourth-order valence-electron chi connectivity index (χ4n) is 4.92. The van der Waals surface area contributed by atoms with Gasteiger partial charge in [-0.2, -0.15) is 5.10 Å². The minimum Gasteiger partial charge on any atom is -0.496 e. The molecule has 8 nitrogen and oxygen atoms in total. The number of amides is 1. The Morgan fingerprint density at radius 3 is 2.34 bits per heavy atom. The molecule has 5 aromatic rings. The number of carboxylic acids is 1. The molecule has 2 heterocycles. The topological polar surface area (TPSA) is 106 Å². The lowest BCUT2D eigenvalue weighted by molar-refractivity contribution is -0.136. The van der Waals surface area contributed by atoms with E-state index in [1.165, 1.54) is 19.5 Å². The van der Waals surface area contributed by atoms with Gasteiger partial charge in [-0.15, -0.1) is 0 Å². The number of aromatic nitrogens is 3. The van der Waals surface area contributed by atoms with Crippen molar-refractivity contribution in [2.24, 2.45) is 0 Å². The van der Waals surface area contributed by atoms with Gasteiger partial charge in [0.25, 0.3) is 5.91 Å². The number of nitrogens with zero attached hydrogens (tertiary/aromatic N) is 3. The van der Waals surface area contributed by atoms with E-state index in [1.807, 2.05) is 48.5 Å². The molecule has 1 aliphatic rings. The van der Waals surface area contributed by atoms with E-state index in [9.17, 15) is 14.7 Å². The van der Waals surface area contributed by atoms with Gasteiger partial charge in [-0.3, -0.25) is 9.59 Å². The molecule has 1 aliphatic heterocycles. The van der Waals surface area contributed by atoms with Crippen molar-refractivity contribution < 1.29 is 23.8 Å². The van der Waals surface area contributed by atoms with Crippen LogP contribution in [0.2, 0.25) is 0 Å². The molecule has 0 saturated carbocycles. The van der Waals surface area contributed by atoms with Crippen LogP contribution in [0.5, 0.6) is 5.75 Å². The number of rotatable bonds is 7. The number of hydrogen-bond donors (Lipinski definition) is 2. The fraction of sp³-hybridized carbons (Fsp3) is 0.0625. The van der Waals surface area contributed by atoms with Crippen LogP contribution in [0, 0.1) is 5.82 Å². The molecule has 0 bridgehead atoms. The quantitative estimate of drug-likeness (QED) is 0.247. The number of anilines is 1. The predicted molar refractivity (Wildman–Crippen MR) is 153 cm³/mol. The highest BCUT2D eigenvalue weighted by molar-refractivity contribution is 6.35. The smallest absolute Gasteiger partial charge is 0.307 e. The third kappa shape index (κ3) is 5.08. The number of benzene rings is 4. The van der Waals surface area contributed by atoms with Gasteiger partial charge in [0.1, 0.15) is 24.2 Å². The van der Waals surface area contributed by atoms with Gasteiger partial charge in [0.15, 0.2) is 0 Å². The number of carbonyl (C=O) groups excluding carboxylic acids is 1. The number of nitrogens with one attached hydrogen (secondary N) is 1. The van der Waals surface area contributed by atoms with Crippen LogP contribution in [0.15, 0.2) is 91.5 Å². The molecule has 0 unspecified atom stereocenters. The second-order valence-electron chi connectivity index (χ2n) is 9.50. The van der Waals surface area contributed by atoms with Crippen LogP contribution in [0.25, 0.3) is 39.6 Å². The Morgan fingerprint density at radius 2 is 1.68 bits per heavy atom. The van der Waals surface area contributed by atoms with Crippen molar-refractivity contribution in [3.05, 3.63) is 114 Å². The molecule has 4 aromatic carbocycles. The number of hydrogen-bond acceptors (Lipinski definition) is 5. The van der Waals surface area contributed by atoms with Crippen LogP contribution in [0.3, 0.4) is 0 Å². The first-order chi connectivity index (χ1) is 19.9.